The third-order valence-electron chi connectivity index (χ3n) is 2.32. The molecule has 0 saturated carbocycles. The molecule has 0 saturated heterocycles. The number of nitrogen functional groups attached to an aromatic ring is 1. The van der Waals surface area contributed by atoms with Crippen molar-refractivity contribution in [3.63, 3.8) is 0 Å². The van der Waals surface area contributed by atoms with Gasteiger partial charge in [0.2, 0.25) is 0 Å². The lowest BCUT2D eigenvalue weighted by atomic mass is 10.2. The van der Waals surface area contributed by atoms with Gasteiger partial charge < -0.3 is 5.43 Å². The Labute approximate surface area is 115 Å². The Kier molecular flexibility index (Phi) is 4.46. The van der Waals surface area contributed by atoms with E-state index in [1.807, 2.05) is 24.5 Å². The van der Waals surface area contributed by atoms with Gasteiger partial charge in [0.1, 0.15) is 10.8 Å². The van der Waals surface area contributed by atoms with Gasteiger partial charge in [-0.3, -0.25) is 0 Å². The van der Waals surface area contributed by atoms with Crippen molar-refractivity contribution >= 4 is 29.3 Å². The molecule has 0 radical (unpaired) electrons. The molecule has 0 atom stereocenters. The van der Waals surface area contributed by atoms with Crippen molar-refractivity contribution in [3.8, 4) is 0 Å². The summed E-state index contributed by atoms with van der Waals surface area (Å²) < 4.78 is 0. The molecule has 0 bridgehead atoms. The lowest BCUT2D eigenvalue weighted by Gasteiger charge is -2.07. The summed E-state index contributed by atoms with van der Waals surface area (Å²) in [5.41, 5.74) is 3.80. The monoisotopic (exact) mass is 278 g/mol. The van der Waals surface area contributed by atoms with Crippen LogP contribution in [0.3, 0.4) is 0 Å². The Morgan fingerprint density at radius 3 is 2.67 bits per heavy atom. The van der Waals surface area contributed by atoms with Crippen molar-refractivity contribution < 1.29 is 0 Å². The number of hydrogen-bond donors (Lipinski definition) is 2. The average Bonchev–Trinajstić information content (AvgIpc) is 2.41. The molecule has 2 rings (SSSR count). The molecule has 2 aromatic rings. The van der Waals surface area contributed by atoms with Crippen LogP contribution in [0.1, 0.15) is 5.56 Å². The quantitative estimate of drug-likeness (QED) is 0.295. The van der Waals surface area contributed by atoms with E-state index in [1.54, 1.807) is 11.8 Å². The Hall–Kier alpha value is -1.24. The van der Waals surface area contributed by atoms with Gasteiger partial charge in [-0.15, -0.1) is 0 Å². The minimum atomic E-state index is 0.630. The fourth-order valence-corrected chi connectivity index (χ4v) is 2.75. The van der Waals surface area contributed by atoms with Crippen LogP contribution < -0.4 is 11.3 Å². The summed E-state index contributed by atoms with van der Waals surface area (Å²) in [5.74, 6) is 6.04. The summed E-state index contributed by atoms with van der Waals surface area (Å²) in [5, 5.41) is 1.60. The van der Waals surface area contributed by atoms with Gasteiger partial charge >= 0.3 is 0 Å². The third kappa shape index (κ3) is 3.16. The molecule has 1 aromatic heterocycles. The van der Waals surface area contributed by atoms with E-state index in [0.29, 0.717) is 11.0 Å². The Morgan fingerprint density at radius 2 is 2.00 bits per heavy atom. The summed E-state index contributed by atoms with van der Waals surface area (Å²) in [7, 11) is 0. The Bertz CT molecular complexity index is 523. The van der Waals surface area contributed by atoms with Crippen LogP contribution in [0.15, 0.2) is 45.4 Å². The fourth-order valence-electron chi connectivity index (χ4n) is 1.40. The zero-order chi connectivity index (χ0) is 13.0. The molecule has 94 valence electrons. The molecule has 0 aliphatic carbocycles. The number of benzene rings is 1. The summed E-state index contributed by atoms with van der Waals surface area (Å²) >= 11 is 3.11. The van der Waals surface area contributed by atoms with E-state index in [9.17, 15) is 0 Å². The summed E-state index contributed by atoms with van der Waals surface area (Å²) in [4.78, 5) is 9.88. The molecule has 0 unspecified atom stereocenters. The third-order valence-corrected chi connectivity index (χ3v) is 3.96. The van der Waals surface area contributed by atoms with E-state index in [4.69, 9.17) is 5.84 Å². The zero-order valence-corrected chi connectivity index (χ0v) is 11.8. The van der Waals surface area contributed by atoms with Crippen LogP contribution in [-0.4, -0.2) is 16.2 Å². The van der Waals surface area contributed by atoms with Crippen molar-refractivity contribution in [1.82, 2.24) is 9.97 Å². The van der Waals surface area contributed by atoms with E-state index in [2.05, 4.69) is 34.5 Å². The lowest BCUT2D eigenvalue weighted by molar-refractivity contribution is 0.893. The summed E-state index contributed by atoms with van der Waals surface area (Å²) in [6.45, 7) is 2.08. The molecule has 0 aliphatic rings. The first-order chi connectivity index (χ1) is 8.72. The van der Waals surface area contributed by atoms with Crippen LogP contribution in [0, 0.1) is 6.92 Å². The van der Waals surface area contributed by atoms with E-state index in [1.165, 1.54) is 22.2 Å². The molecule has 18 heavy (non-hydrogen) atoms. The molecule has 6 heteroatoms. The second-order valence-corrected chi connectivity index (χ2v) is 5.43. The maximum absolute atomic E-state index is 5.41. The normalized spacial score (nSPS) is 10.4. The maximum atomic E-state index is 5.41. The van der Waals surface area contributed by atoms with E-state index < -0.39 is 0 Å². The van der Waals surface area contributed by atoms with Crippen molar-refractivity contribution in [3.05, 3.63) is 35.9 Å². The van der Waals surface area contributed by atoms with Gasteiger partial charge in [-0.2, -0.15) is 0 Å². The van der Waals surface area contributed by atoms with Crippen LogP contribution in [-0.2, 0) is 0 Å². The minimum Gasteiger partial charge on any atom is -0.308 e. The van der Waals surface area contributed by atoms with E-state index in [0.717, 1.165) is 5.03 Å². The molecule has 0 spiro atoms. The highest BCUT2D eigenvalue weighted by atomic mass is 32.2. The highest BCUT2D eigenvalue weighted by Crippen LogP contribution is 2.30. The second kappa shape index (κ2) is 6.08. The topological polar surface area (TPSA) is 63.8 Å². The Balaban J connectivity index is 2.31. The van der Waals surface area contributed by atoms with Gasteiger partial charge in [0.25, 0.3) is 0 Å². The average molecular weight is 278 g/mol. The highest BCUT2D eigenvalue weighted by Gasteiger charge is 2.06. The van der Waals surface area contributed by atoms with Gasteiger partial charge in [0.05, 0.1) is 0 Å². The molecule has 1 aromatic carbocycles. The van der Waals surface area contributed by atoms with Gasteiger partial charge in [-0.1, -0.05) is 41.7 Å². The molecular formula is C12H14N4S2. The van der Waals surface area contributed by atoms with Crippen LogP contribution in [0.5, 0.6) is 0 Å². The lowest BCUT2D eigenvalue weighted by Crippen LogP contribution is -2.09. The van der Waals surface area contributed by atoms with Gasteiger partial charge in [-0.05, 0) is 24.8 Å². The number of aromatic nitrogens is 2. The first kappa shape index (κ1) is 13.2. The molecular weight excluding hydrogens is 264 g/mol. The number of rotatable bonds is 4. The van der Waals surface area contributed by atoms with Gasteiger partial charge in [0, 0.05) is 11.0 Å². The first-order valence-electron chi connectivity index (χ1n) is 5.36. The van der Waals surface area contributed by atoms with Crippen molar-refractivity contribution in [2.45, 2.75) is 22.0 Å². The van der Waals surface area contributed by atoms with Crippen LogP contribution in [0.4, 0.5) is 5.82 Å². The molecule has 3 N–H and O–H groups in total. The number of aryl methyl sites for hydroxylation is 1. The van der Waals surface area contributed by atoms with Crippen molar-refractivity contribution in [2.75, 3.05) is 11.7 Å². The number of hydrogen-bond acceptors (Lipinski definition) is 6. The molecule has 0 amide bonds. The number of nitrogens with two attached hydrogens (primary N) is 1. The maximum Gasteiger partial charge on any atom is 0.190 e. The largest absolute Gasteiger partial charge is 0.308 e. The fraction of sp³-hybridized carbons (Fsp3) is 0.167. The van der Waals surface area contributed by atoms with Crippen molar-refractivity contribution in [1.29, 1.82) is 0 Å². The Morgan fingerprint density at radius 1 is 1.22 bits per heavy atom. The number of nitrogens with zero attached hydrogens (tertiary/aromatic N) is 2. The predicted molar refractivity (Wildman–Crippen MR) is 76.9 cm³/mol. The van der Waals surface area contributed by atoms with E-state index in [-0.39, 0.29) is 0 Å². The van der Waals surface area contributed by atoms with Crippen LogP contribution >= 0.6 is 23.5 Å². The smallest absolute Gasteiger partial charge is 0.190 e. The minimum absolute atomic E-state index is 0.630. The van der Waals surface area contributed by atoms with Crippen molar-refractivity contribution in [2.24, 2.45) is 5.84 Å². The highest BCUT2D eigenvalue weighted by molar-refractivity contribution is 7.99. The predicted octanol–water partition coefficient (Wildman–Crippen LogP) is 2.94. The number of nitrogens with one attached hydrogen (secondary N) is 1. The molecule has 0 aliphatic heterocycles. The van der Waals surface area contributed by atoms with Gasteiger partial charge in [0.15, 0.2) is 5.16 Å². The standard InChI is InChI=1S/C12H14N4S2/c1-8-5-3-4-6-9(8)18-11-7-10(16-13)14-12(15-11)17-2/h3-7H,13H2,1-2H3,(H,14,15,16). The number of hydrazine groups is 1. The van der Waals surface area contributed by atoms with Gasteiger partial charge in [-0.25, -0.2) is 15.8 Å². The molecule has 0 fully saturated rings. The van der Waals surface area contributed by atoms with Crippen LogP contribution in [0.2, 0.25) is 0 Å². The van der Waals surface area contributed by atoms with E-state index >= 15 is 0 Å². The SMILES string of the molecule is CSc1nc(NN)cc(Sc2ccccc2C)n1. The second-order valence-electron chi connectivity index (χ2n) is 3.59. The number of thioether (sulfide) groups is 1. The molecule has 4 nitrogen and oxygen atoms in total. The summed E-state index contributed by atoms with van der Waals surface area (Å²) in [6, 6.07) is 10.1. The number of anilines is 1. The molecule has 1 heterocycles. The van der Waals surface area contributed by atoms with Crippen LogP contribution in [0.25, 0.3) is 0 Å². The summed E-state index contributed by atoms with van der Waals surface area (Å²) in [6.07, 6.45) is 1.94. The first-order valence-corrected chi connectivity index (χ1v) is 7.40. The zero-order valence-electron chi connectivity index (χ0n) is 10.2.